The van der Waals surface area contributed by atoms with Gasteiger partial charge in [0.25, 0.3) is 11.8 Å². The second-order valence-corrected chi connectivity index (χ2v) is 6.01. The predicted octanol–water partition coefficient (Wildman–Crippen LogP) is -0.378. The average Bonchev–Trinajstić information content (AvgIpc) is 2.78. The van der Waals surface area contributed by atoms with E-state index in [2.05, 4.69) is 5.32 Å². The number of fused-ring (bicyclic) bond motifs is 1. The normalized spacial score (nSPS) is 20.0. The van der Waals surface area contributed by atoms with Crippen molar-refractivity contribution in [3.63, 3.8) is 0 Å². The molecule has 1 saturated heterocycles. The maximum absolute atomic E-state index is 14.3. The van der Waals surface area contributed by atoms with Crippen molar-refractivity contribution in [3.05, 3.63) is 29.1 Å². The number of nitrogens with two attached hydrogens (primary N) is 1. The summed E-state index contributed by atoms with van der Waals surface area (Å²) in [4.78, 5) is 50.8. The van der Waals surface area contributed by atoms with Crippen LogP contribution in [-0.2, 0) is 9.59 Å². The van der Waals surface area contributed by atoms with Crippen molar-refractivity contribution < 1.29 is 23.6 Å². The van der Waals surface area contributed by atoms with Crippen LogP contribution in [-0.4, -0.2) is 54.7 Å². The molecular weight excluding hydrogens is 331 g/mol. The molecule has 2 heterocycles. The number of carbonyl (C=O) groups excluding carboxylic acids is 4. The molecule has 3 rings (SSSR count). The Morgan fingerprint density at radius 3 is 2.48 bits per heavy atom. The third-order valence-electron chi connectivity index (χ3n) is 4.38. The summed E-state index contributed by atoms with van der Waals surface area (Å²) < 4.78 is 14.3. The lowest BCUT2D eigenvalue weighted by Gasteiger charge is -2.27. The number of anilines is 1. The number of nitrogens with one attached hydrogen (secondary N) is 1. The fraction of sp³-hybridized carbons (Fsp3) is 0.375. The van der Waals surface area contributed by atoms with Gasteiger partial charge in [-0.05, 0) is 18.6 Å². The van der Waals surface area contributed by atoms with Gasteiger partial charge in [-0.15, -0.1) is 0 Å². The van der Waals surface area contributed by atoms with Crippen LogP contribution in [0.2, 0.25) is 0 Å². The van der Waals surface area contributed by atoms with Gasteiger partial charge in [0.1, 0.15) is 11.9 Å². The van der Waals surface area contributed by atoms with Gasteiger partial charge in [-0.3, -0.25) is 29.4 Å². The molecule has 0 bridgehead atoms. The van der Waals surface area contributed by atoms with Gasteiger partial charge in [0, 0.05) is 26.6 Å². The van der Waals surface area contributed by atoms with E-state index in [9.17, 15) is 23.6 Å². The zero-order valence-electron chi connectivity index (χ0n) is 13.5. The molecule has 9 heteroatoms. The Balaban J connectivity index is 1.96. The molecule has 2 aliphatic rings. The lowest BCUT2D eigenvalue weighted by atomic mass is 10.0. The molecule has 8 nitrogen and oxygen atoms in total. The second kappa shape index (κ2) is 6.25. The smallest absolute Gasteiger partial charge is 0.262 e. The molecule has 1 fully saturated rings. The highest BCUT2D eigenvalue weighted by Gasteiger charge is 2.45. The van der Waals surface area contributed by atoms with Crippen molar-refractivity contribution in [2.45, 2.75) is 18.9 Å². The summed E-state index contributed by atoms with van der Waals surface area (Å²) in [6.07, 6.45) is 0.0845. The average molecular weight is 348 g/mol. The van der Waals surface area contributed by atoms with Crippen LogP contribution < -0.4 is 16.0 Å². The Bertz CT molecular complexity index is 795. The van der Waals surface area contributed by atoms with Crippen molar-refractivity contribution in [1.29, 1.82) is 0 Å². The van der Waals surface area contributed by atoms with Crippen LogP contribution in [0.3, 0.4) is 0 Å². The fourth-order valence-electron chi connectivity index (χ4n) is 3.09. The van der Waals surface area contributed by atoms with Crippen LogP contribution in [0.5, 0.6) is 0 Å². The third-order valence-corrected chi connectivity index (χ3v) is 4.38. The van der Waals surface area contributed by atoms with Crippen LogP contribution in [0.25, 0.3) is 0 Å². The van der Waals surface area contributed by atoms with Crippen LogP contribution in [0, 0.1) is 5.82 Å². The number of benzene rings is 1. The summed E-state index contributed by atoms with van der Waals surface area (Å²) in [6.45, 7) is 0.664. The van der Waals surface area contributed by atoms with Crippen molar-refractivity contribution in [1.82, 2.24) is 10.2 Å². The van der Waals surface area contributed by atoms with Gasteiger partial charge in [0.15, 0.2) is 0 Å². The van der Waals surface area contributed by atoms with Crippen molar-refractivity contribution in [2.75, 3.05) is 25.0 Å². The Hall–Kier alpha value is -2.81. The quantitative estimate of drug-likeness (QED) is 0.718. The Morgan fingerprint density at radius 2 is 1.88 bits per heavy atom. The van der Waals surface area contributed by atoms with Gasteiger partial charge in [-0.2, -0.15) is 0 Å². The SMILES string of the molecule is CN(CCN)c1cc2c(cc1F)C(=O)N(C1CCC(=O)NC1=O)C2=O. The number of likely N-dealkylation sites (N-methyl/N-ethyl adjacent to an activating group) is 1. The molecule has 0 aromatic heterocycles. The van der Waals surface area contributed by atoms with Crippen molar-refractivity contribution in [3.8, 4) is 0 Å². The number of nitrogens with zero attached hydrogens (tertiary/aromatic N) is 2. The second-order valence-electron chi connectivity index (χ2n) is 6.01. The first-order valence-corrected chi connectivity index (χ1v) is 7.81. The molecule has 0 saturated carbocycles. The number of piperidine rings is 1. The number of imide groups is 2. The minimum Gasteiger partial charge on any atom is -0.371 e. The molecule has 25 heavy (non-hydrogen) atoms. The Morgan fingerprint density at radius 1 is 1.24 bits per heavy atom. The summed E-state index contributed by atoms with van der Waals surface area (Å²) in [5.41, 5.74) is 5.56. The van der Waals surface area contributed by atoms with Crippen molar-refractivity contribution in [2.24, 2.45) is 5.73 Å². The Kier molecular flexibility index (Phi) is 4.25. The van der Waals surface area contributed by atoms with E-state index in [1.54, 1.807) is 11.9 Å². The number of rotatable bonds is 4. The van der Waals surface area contributed by atoms with E-state index in [1.165, 1.54) is 6.07 Å². The molecule has 0 radical (unpaired) electrons. The highest BCUT2D eigenvalue weighted by molar-refractivity contribution is 6.23. The third kappa shape index (κ3) is 2.76. The first-order chi connectivity index (χ1) is 11.8. The zero-order chi connectivity index (χ0) is 18.3. The first kappa shape index (κ1) is 17.0. The summed E-state index contributed by atoms with van der Waals surface area (Å²) in [7, 11) is 1.62. The van der Waals surface area contributed by atoms with E-state index in [0.717, 1.165) is 11.0 Å². The molecule has 1 aromatic rings. The van der Waals surface area contributed by atoms with E-state index < -0.39 is 35.5 Å². The number of halogens is 1. The van der Waals surface area contributed by atoms with Crippen LogP contribution in [0.15, 0.2) is 12.1 Å². The van der Waals surface area contributed by atoms with Crippen LogP contribution >= 0.6 is 0 Å². The number of carbonyl (C=O) groups is 4. The zero-order valence-corrected chi connectivity index (χ0v) is 13.5. The van der Waals surface area contributed by atoms with Gasteiger partial charge in [0.2, 0.25) is 11.8 Å². The lowest BCUT2D eigenvalue weighted by molar-refractivity contribution is -0.136. The van der Waals surface area contributed by atoms with Gasteiger partial charge < -0.3 is 10.6 Å². The summed E-state index contributed by atoms with van der Waals surface area (Å²) in [6, 6.07) is 1.23. The summed E-state index contributed by atoms with van der Waals surface area (Å²) >= 11 is 0. The van der Waals surface area contributed by atoms with Crippen LogP contribution in [0.1, 0.15) is 33.6 Å². The highest BCUT2D eigenvalue weighted by atomic mass is 19.1. The number of hydrogen-bond donors (Lipinski definition) is 2. The first-order valence-electron chi connectivity index (χ1n) is 7.81. The molecule has 3 N–H and O–H groups in total. The topological polar surface area (TPSA) is 113 Å². The molecule has 1 aromatic carbocycles. The summed E-state index contributed by atoms with van der Waals surface area (Å²) in [5.74, 6) is -3.21. The molecular formula is C16H17FN4O4. The van der Waals surface area contributed by atoms with E-state index in [1.807, 2.05) is 0 Å². The Labute approximate surface area is 142 Å². The standard InChI is InChI=1S/C16H17FN4O4/c1-20(5-4-18)12-7-9-8(6-10(12)17)15(24)21(16(9)25)11-2-3-13(22)19-14(11)23/h6-7,11H,2-5,18H2,1H3,(H,19,22,23). The molecule has 0 spiro atoms. The molecule has 2 aliphatic heterocycles. The fourth-order valence-corrected chi connectivity index (χ4v) is 3.09. The monoisotopic (exact) mass is 348 g/mol. The molecule has 4 amide bonds. The van der Waals surface area contributed by atoms with E-state index in [-0.39, 0.29) is 29.7 Å². The molecule has 1 unspecified atom stereocenters. The highest BCUT2D eigenvalue weighted by Crippen LogP contribution is 2.32. The van der Waals surface area contributed by atoms with Crippen LogP contribution in [0.4, 0.5) is 10.1 Å². The molecule has 132 valence electrons. The van der Waals surface area contributed by atoms with Gasteiger partial charge in [-0.1, -0.05) is 0 Å². The maximum atomic E-state index is 14.3. The van der Waals surface area contributed by atoms with Gasteiger partial charge in [0.05, 0.1) is 16.8 Å². The number of hydrogen-bond acceptors (Lipinski definition) is 6. The molecule has 1 atom stereocenters. The minimum atomic E-state index is -1.07. The van der Waals surface area contributed by atoms with E-state index in [0.29, 0.717) is 13.1 Å². The van der Waals surface area contributed by atoms with Gasteiger partial charge in [-0.25, -0.2) is 4.39 Å². The summed E-state index contributed by atoms with van der Waals surface area (Å²) in [5, 5.41) is 2.11. The van der Waals surface area contributed by atoms with E-state index in [4.69, 9.17) is 5.73 Å². The van der Waals surface area contributed by atoms with Gasteiger partial charge >= 0.3 is 0 Å². The van der Waals surface area contributed by atoms with Crippen molar-refractivity contribution >= 4 is 29.3 Å². The maximum Gasteiger partial charge on any atom is 0.262 e. The van der Waals surface area contributed by atoms with E-state index >= 15 is 0 Å². The largest absolute Gasteiger partial charge is 0.371 e. The minimum absolute atomic E-state index is 0.0304. The predicted molar refractivity (Wildman–Crippen MR) is 85.4 cm³/mol. The lowest BCUT2D eigenvalue weighted by Crippen LogP contribution is -2.54. The number of amides is 4. The molecule has 0 aliphatic carbocycles.